The third-order valence-electron chi connectivity index (χ3n) is 1.55. The molecule has 0 atom stereocenters. The minimum Gasteiger partial charge on any atom is -0.122 e. The standard InChI is InChI=1S/C8H3ClI2S/c9-7-3-4-5(10)1-2-6(11)8(4)12-7/h1-3H. The number of fused-ring (bicyclic) bond motifs is 1. The van der Waals surface area contributed by atoms with Gasteiger partial charge in [0.15, 0.2) is 0 Å². The van der Waals surface area contributed by atoms with E-state index in [1.807, 2.05) is 6.07 Å². The fraction of sp³-hybridized carbons (Fsp3) is 0. The van der Waals surface area contributed by atoms with Gasteiger partial charge in [-0.1, -0.05) is 11.6 Å². The highest BCUT2D eigenvalue weighted by Crippen LogP contribution is 2.35. The van der Waals surface area contributed by atoms with Crippen LogP contribution >= 0.6 is 68.1 Å². The van der Waals surface area contributed by atoms with Gasteiger partial charge in [0, 0.05) is 12.5 Å². The van der Waals surface area contributed by atoms with Crippen LogP contribution in [0.3, 0.4) is 0 Å². The lowest BCUT2D eigenvalue weighted by molar-refractivity contribution is 1.74. The highest BCUT2D eigenvalue weighted by molar-refractivity contribution is 14.1. The molecule has 0 aliphatic rings. The van der Waals surface area contributed by atoms with Gasteiger partial charge < -0.3 is 0 Å². The Morgan fingerprint density at radius 1 is 1.17 bits per heavy atom. The monoisotopic (exact) mass is 420 g/mol. The molecule has 0 saturated heterocycles. The molecule has 62 valence electrons. The average molecular weight is 420 g/mol. The maximum absolute atomic E-state index is 5.94. The molecule has 0 saturated carbocycles. The summed E-state index contributed by atoms with van der Waals surface area (Å²) < 4.78 is 4.71. The Kier molecular flexibility index (Phi) is 2.84. The first kappa shape index (κ1) is 9.48. The normalized spacial score (nSPS) is 10.9. The Balaban J connectivity index is 2.93. The second-order valence-electron chi connectivity index (χ2n) is 2.32. The molecule has 0 nitrogen and oxygen atoms in total. The van der Waals surface area contributed by atoms with Crippen LogP contribution in [0, 0.1) is 7.14 Å². The summed E-state index contributed by atoms with van der Waals surface area (Å²) in [5, 5.41) is 1.28. The average Bonchev–Trinajstić information content (AvgIpc) is 2.41. The second kappa shape index (κ2) is 3.59. The lowest BCUT2D eigenvalue weighted by Crippen LogP contribution is -1.74. The molecule has 2 aromatic rings. The van der Waals surface area contributed by atoms with E-state index in [1.54, 1.807) is 11.3 Å². The molecule has 0 radical (unpaired) electrons. The minimum absolute atomic E-state index is 0.868. The van der Waals surface area contributed by atoms with Crippen molar-refractivity contribution in [2.75, 3.05) is 0 Å². The van der Waals surface area contributed by atoms with Crippen LogP contribution in [0.1, 0.15) is 0 Å². The van der Waals surface area contributed by atoms with E-state index < -0.39 is 0 Å². The Labute approximate surface area is 107 Å². The zero-order valence-corrected chi connectivity index (χ0v) is 11.7. The zero-order valence-electron chi connectivity index (χ0n) is 5.77. The summed E-state index contributed by atoms with van der Waals surface area (Å²) >= 11 is 12.3. The van der Waals surface area contributed by atoms with Crippen LogP contribution in [0.4, 0.5) is 0 Å². The summed E-state index contributed by atoms with van der Waals surface area (Å²) in [5.74, 6) is 0. The van der Waals surface area contributed by atoms with Gasteiger partial charge in [-0.2, -0.15) is 0 Å². The van der Waals surface area contributed by atoms with E-state index in [9.17, 15) is 0 Å². The van der Waals surface area contributed by atoms with Crippen LogP contribution in [0.2, 0.25) is 4.34 Å². The first-order chi connectivity index (χ1) is 5.68. The molecule has 12 heavy (non-hydrogen) atoms. The molecule has 0 amide bonds. The summed E-state index contributed by atoms with van der Waals surface area (Å²) in [7, 11) is 0. The van der Waals surface area contributed by atoms with E-state index in [-0.39, 0.29) is 0 Å². The SMILES string of the molecule is Clc1cc2c(I)ccc(I)c2s1. The molecular weight excluding hydrogens is 417 g/mol. The molecular formula is C8H3ClI2S. The molecule has 0 N–H and O–H groups in total. The number of halogens is 3. The zero-order chi connectivity index (χ0) is 8.72. The van der Waals surface area contributed by atoms with E-state index in [0.717, 1.165) is 4.34 Å². The lowest BCUT2D eigenvalue weighted by Gasteiger charge is -1.94. The van der Waals surface area contributed by atoms with Gasteiger partial charge in [-0.25, -0.2) is 0 Å². The largest absolute Gasteiger partial charge is 0.122 e. The van der Waals surface area contributed by atoms with Gasteiger partial charge in [0.25, 0.3) is 0 Å². The number of hydrogen-bond acceptors (Lipinski definition) is 1. The van der Waals surface area contributed by atoms with Crippen LogP contribution < -0.4 is 0 Å². The fourth-order valence-corrected chi connectivity index (χ4v) is 3.77. The summed E-state index contributed by atoms with van der Waals surface area (Å²) in [5.41, 5.74) is 0. The highest BCUT2D eigenvalue weighted by Gasteiger charge is 2.05. The number of rotatable bonds is 0. The van der Waals surface area contributed by atoms with Crippen LogP contribution in [-0.2, 0) is 0 Å². The number of hydrogen-bond donors (Lipinski definition) is 0. The van der Waals surface area contributed by atoms with Gasteiger partial charge >= 0.3 is 0 Å². The van der Waals surface area contributed by atoms with Gasteiger partial charge in [0.05, 0.1) is 9.04 Å². The number of thiophene rings is 1. The van der Waals surface area contributed by atoms with Gasteiger partial charge in [-0.15, -0.1) is 11.3 Å². The Hall–Kier alpha value is 0.930. The summed E-state index contributed by atoms with van der Waals surface area (Å²) in [6, 6.07) is 6.27. The minimum atomic E-state index is 0.868. The van der Waals surface area contributed by atoms with Gasteiger partial charge in [0.1, 0.15) is 0 Å². The molecule has 0 aliphatic carbocycles. The molecule has 1 aromatic heterocycles. The van der Waals surface area contributed by atoms with Gasteiger partial charge in [-0.3, -0.25) is 0 Å². The van der Waals surface area contributed by atoms with Crippen LogP contribution in [-0.4, -0.2) is 0 Å². The molecule has 0 bridgehead atoms. The van der Waals surface area contributed by atoms with Crippen molar-refractivity contribution in [3.63, 3.8) is 0 Å². The van der Waals surface area contributed by atoms with Crippen molar-refractivity contribution in [1.82, 2.24) is 0 Å². The van der Waals surface area contributed by atoms with Crippen molar-refractivity contribution < 1.29 is 0 Å². The summed E-state index contributed by atoms with van der Waals surface area (Å²) in [4.78, 5) is 0. The number of benzene rings is 1. The fourth-order valence-electron chi connectivity index (χ4n) is 1.03. The topological polar surface area (TPSA) is 0 Å². The molecule has 0 aliphatic heterocycles. The molecule has 1 aromatic carbocycles. The molecule has 0 unspecified atom stereocenters. The van der Waals surface area contributed by atoms with E-state index >= 15 is 0 Å². The third-order valence-corrected chi connectivity index (χ3v) is 5.06. The van der Waals surface area contributed by atoms with Crippen molar-refractivity contribution in [3.05, 3.63) is 29.7 Å². The van der Waals surface area contributed by atoms with Crippen molar-refractivity contribution in [2.45, 2.75) is 0 Å². The molecule has 2 rings (SSSR count). The third kappa shape index (κ3) is 1.60. The molecule has 1 heterocycles. The lowest BCUT2D eigenvalue weighted by atomic mass is 10.3. The predicted molar refractivity (Wildman–Crippen MR) is 72.3 cm³/mol. The van der Waals surface area contributed by atoms with Gasteiger partial charge in [0.2, 0.25) is 0 Å². The Morgan fingerprint density at radius 3 is 2.50 bits per heavy atom. The molecule has 0 spiro atoms. The van der Waals surface area contributed by atoms with E-state index in [1.165, 1.54) is 17.2 Å². The second-order valence-corrected chi connectivity index (χ2v) is 6.33. The van der Waals surface area contributed by atoms with Crippen LogP contribution in [0.15, 0.2) is 18.2 Å². The smallest absolute Gasteiger partial charge is 0.0941 e. The van der Waals surface area contributed by atoms with Crippen molar-refractivity contribution >= 4 is 78.2 Å². The molecule has 4 heteroatoms. The highest BCUT2D eigenvalue weighted by atomic mass is 127. The Bertz CT molecular complexity index is 397. The Morgan fingerprint density at radius 2 is 1.83 bits per heavy atom. The van der Waals surface area contributed by atoms with Crippen LogP contribution in [0.25, 0.3) is 10.1 Å². The summed E-state index contributed by atoms with van der Waals surface area (Å²) in [6.07, 6.45) is 0. The predicted octanol–water partition coefficient (Wildman–Crippen LogP) is 4.76. The first-order valence-corrected chi connectivity index (χ1v) is 6.57. The van der Waals surface area contributed by atoms with Crippen molar-refractivity contribution in [1.29, 1.82) is 0 Å². The first-order valence-electron chi connectivity index (χ1n) is 3.21. The quantitative estimate of drug-likeness (QED) is 0.539. The van der Waals surface area contributed by atoms with Crippen molar-refractivity contribution in [3.8, 4) is 0 Å². The maximum atomic E-state index is 5.94. The van der Waals surface area contributed by atoms with Gasteiger partial charge in [-0.05, 0) is 63.4 Å². The van der Waals surface area contributed by atoms with E-state index in [0.29, 0.717) is 0 Å². The van der Waals surface area contributed by atoms with Crippen LogP contribution in [0.5, 0.6) is 0 Å². The summed E-state index contributed by atoms with van der Waals surface area (Å²) in [6.45, 7) is 0. The van der Waals surface area contributed by atoms with E-state index in [2.05, 4.69) is 57.3 Å². The maximum Gasteiger partial charge on any atom is 0.0941 e. The molecule has 0 fully saturated rings. The van der Waals surface area contributed by atoms with E-state index in [4.69, 9.17) is 11.6 Å². The van der Waals surface area contributed by atoms with Crippen molar-refractivity contribution in [2.24, 2.45) is 0 Å².